The van der Waals surface area contributed by atoms with Crippen molar-refractivity contribution in [3.63, 3.8) is 0 Å². The Bertz CT molecular complexity index is 285. The molecule has 1 heteroatoms. The van der Waals surface area contributed by atoms with Crippen LogP contribution in [0.2, 0.25) is 0 Å². The minimum atomic E-state index is 0.506. The Morgan fingerprint density at radius 3 is 2.12 bits per heavy atom. The summed E-state index contributed by atoms with van der Waals surface area (Å²) in [5.74, 6) is 0.821. The Balaban J connectivity index is 2.39. The number of hydrogen-bond donors (Lipinski definition) is 1. The van der Waals surface area contributed by atoms with Crippen molar-refractivity contribution in [1.82, 2.24) is 0 Å². The van der Waals surface area contributed by atoms with Crippen molar-refractivity contribution >= 4 is 5.69 Å². The summed E-state index contributed by atoms with van der Waals surface area (Å²) in [6, 6.07) is 9.36. The van der Waals surface area contributed by atoms with Gasteiger partial charge >= 0.3 is 0 Å². The Hall–Kier alpha value is -0.980. The third kappa shape index (κ3) is 5.20. The van der Waals surface area contributed by atoms with Crippen molar-refractivity contribution in [3.05, 3.63) is 29.8 Å². The fourth-order valence-electron chi connectivity index (χ4n) is 1.82. The van der Waals surface area contributed by atoms with Crippen molar-refractivity contribution < 1.29 is 0 Å². The molecule has 16 heavy (non-hydrogen) atoms. The lowest BCUT2D eigenvalue weighted by Gasteiger charge is -2.10. The molecule has 1 aromatic carbocycles. The van der Waals surface area contributed by atoms with Gasteiger partial charge in [-0.2, -0.15) is 0 Å². The maximum atomic E-state index is 3.41. The zero-order chi connectivity index (χ0) is 12.0. The van der Waals surface area contributed by atoms with Crippen LogP contribution in [0.4, 0.5) is 5.69 Å². The predicted molar refractivity (Wildman–Crippen MR) is 73.0 cm³/mol. The van der Waals surface area contributed by atoms with Gasteiger partial charge in [0.05, 0.1) is 0 Å². The van der Waals surface area contributed by atoms with Crippen molar-refractivity contribution in [2.75, 3.05) is 5.32 Å². The van der Waals surface area contributed by atoms with Crippen LogP contribution in [-0.2, 0) is 6.42 Å². The van der Waals surface area contributed by atoms with Gasteiger partial charge in [-0.3, -0.25) is 0 Å². The van der Waals surface area contributed by atoms with Gasteiger partial charge in [-0.1, -0.05) is 32.4 Å². The highest BCUT2D eigenvalue weighted by Crippen LogP contribution is 2.14. The first-order valence-corrected chi connectivity index (χ1v) is 6.43. The van der Waals surface area contributed by atoms with Crippen LogP contribution in [0.1, 0.15) is 46.1 Å². The molecule has 0 aliphatic heterocycles. The molecule has 0 aromatic heterocycles. The van der Waals surface area contributed by atoms with Gasteiger partial charge < -0.3 is 5.32 Å². The van der Waals surface area contributed by atoms with E-state index in [0.29, 0.717) is 6.04 Å². The lowest BCUT2D eigenvalue weighted by Crippen LogP contribution is -2.09. The molecule has 0 atom stereocenters. The highest BCUT2D eigenvalue weighted by molar-refractivity contribution is 5.45. The summed E-state index contributed by atoms with van der Waals surface area (Å²) in [6.07, 6.45) is 3.83. The normalized spacial score (nSPS) is 11.1. The maximum Gasteiger partial charge on any atom is 0.0342 e. The molecule has 1 N–H and O–H groups in total. The van der Waals surface area contributed by atoms with Gasteiger partial charge in [-0.05, 0) is 50.3 Å². The van der Waals surface area contributed by atoms with E-state index in [0.717, 1.165) is 5.92 Å². The van der Waals surface area contributed by atoms with Crippen LogP contribution in [0.25, 0.3) is 0 Å². The molecule has 90 valence electrons. The Labute approximate surface area is 100 Å². The molecule has 1 nitrogen and oxygen atoms in total. The van der Waals surface area contributed by atoms with E-state index in [9.17, 15) is 0 Å². The quantitative estimate of drug-likeness (QED) is 0.743. The second-order valence-corrected chi connectivity index (χ2v) is 5.28. The van der Waals surface area contributed by atoms with Crippen LogP contribution in [0, 0.1) is 5.92 Å². The maximum absolute atomic E-state index is 3.41. The summed E-state index contributed by atoms with van der Waals surface area (Å²) in [5.41, 5.74) is 2.68. The first-order valence-electron chi connectivity index (χ1n) is 6.43. The standard InChI is InChI=1S/C15H25N/c1-12(2)6-5-7-14-8-10-15(11-9-14)16-13(3)4/h8-13,16H,5-7H2,1-4H3. The monoisotopic (exact) mass is 219 g/mol. The lowest BCUT2D eigenvalue weighted by atomic mass is 10.0. The van der Waals surface area contributed by atoms with E-state index < -0.39 is 0 Å². The lowest BCUT2D eigenvalue weighted by molar-refractivity contribution is 0.556. The summed E-state index contributed by atoms with van der Waals surface area (Å²) in [4.78, 5) is 0. The Morgan fingerprint density at radius 1 is 1.00 bits per heavy atom. The molecular weight excluding hydrogens is 194 g/mol. The molecule has 0 bridgehead atoms. The fraction of sp³-hybridized carbons (Fsp3) is 0.600. The van der Waals surface area contributed by atoms with Gasteiger partial charge in [0.2, 0.25) is 0 Å². The van der Waals surface area contributed by atoms with E-state index in [4.69, 9.17) is 0 Å². The number of anilines is 1. The first kappa shape index (κ1) is 13.1. The Morgan fingerprint density at radius 2 is 1.62 bits per heavy atom. The highest BCUT2D eigenvalue weighted by atomic mass is 14.9. The van der Waals surface area contributed by atoms with Crippen molar-refractivity contribution in [1.29, 1.82) is 0 Å². The minimum Gasteiger partial charge on any atom is -0.383 e. The summed E-state index contributed by atoms with van der Waals surface area (Å²) >= 11 is 0. The second kappa shape index (κ2) is 6.57. The molecule has 0 amide bonds. The molecule has 0 unspecified atom stereocenters. The van der Waals surface area contributed by atoms with E-state index in [-0.39, 0.29) is 0 Å². The van der Waals surface area contributed by atoms with Crippen LogP contribution < -0.4 is 5.32 Å². The molecule has 1 rings (SSSR count). The summed E-state index contributed by atoms with van der Waals surface area (Å²) in [5, 5.41) is 3.41. The van der Waals surface area contributed by atoms with Crippen LogP contribution in [0.3, 0.4) is 0 Å². The zero-order valence-corrected chi connectivity index (χ0v) is 11.1. The molecular formula is C15H25N. The smallest absolute Gasteiger partial charge is 0.0342 e. The third-order valence-corrected chi connectivity index (χ3v) is 2.66. The molecule has 0 saturated carbocycles. The van der Waals surface area contributed by atoms with E-state index in [1.165, 1.54) is 30.5 Å². The molecule has 0 fully saturated rings. The SMILES string of the molecule is CC(C)CCCc1ccc(NC(C)C)cc1. The molecule has 1 aromatic rings. The van der Waals surface area contributed by atoms with Gasteiger partial charge in [0.25, 0.3) is 0 Å². The number of aryl methyl sites for hydroxylation is 1. The number of hydrogen-bond acceptors (Lipinski definition) is 1. The van der Waals surface area contributed by atoms with Crippen molar-refractivity contribution in [3.8, 4) is 0 Å². The summed E-state index contributed by atoms with van der Waals surface area (Å²) in [7, 11) is 0. The molecule has 0 spiro atoms. The fourth-order valence-corrected chi connectivity index (χ4v) is 1.82. The first-order chi connectivity index (χ1) is 7.58. The van der Waals surface area contributed by atoms with E-state index in [1.807, 2.05) is 0 Å². The molecule has 0 saturated heterocycles. The molecule has 0 radical (unpaired) electrons. The van der Waals surface area contributed by atoms with Gasteiger partial charge in [-0.25, -0.2) is 0 Å². The average Bonchev–Trinajstić information content (AvgIpc) is 2.19. The predicted octanol–water partition coefficient (Wildman–Crippen LogP) is 4.49. The van der Waals surface area contributed by atoms with Gasteiger partial charge in [-0.15, -0.1) is 0 Å². The van der Waals surface area contributed by atoms with Gasteiger partial charge in [0.15, 0.2) is 0 Å². The van der Waals surface area contributed by atoms with Crippen LogP contribution in [0.15, 0.2) is 24.3 Å². The van der Waals surface area contributed by atoms with Gasteiger partial charge in [0.1, 0.15) is 0 Å². The van der Waals surface area contributed by atoms with Crippen LogP contribution in [0.5, 0.6) is 0 Å². The largest absolute Gasteiger partial charge is 0.383 e. The van der Waals surface area contributed by atoms with Gasteiger partial charge in [0, 0.05) is 11.7 Å². The highest BCUT2D eigenvalue weighted by Gasteiger charge is 1.98. The van der Waals surface area contributed by atoms with E-state index in [1.54, 1.807) is 0 Å². The van der Waals surface area contributed by atoms with Crippen molar-refractivity contribution in [2.45, 2.75) is 53.0 Å². The van der Waals surface area contributed by atoms with Crippen molar-refractivity contribution in [2.24, 2.45) is 5.92 Å². The number of benzene rings is 1. The van der Waals surface area contributed by atoms with Crippen LogP contribution in [-0.4, -0.2) is 6.04 Å². The van der Waals surface area contributed by atoms with Crippen LogP contribution >= 0.6 is 0 Å². The molecule has 0 aliphatic carbocycles. The Kier molecular flexibility index (Phi) is 5.37. The molecule has 0 aliphatic rings. The summed E-state index contributed by atoms with van der Waals surface area (Å²) < 4.78 is 0. The second-order valence-electron chi connectivity index (χ2n) is 5.28. The van der Waals surface area contributed by atoms with E-state index >= 15 is 0 Å². The zero-order valence-electron chi connectivity index (χ0n) is 11.1. The number of nitrogens with one attached hydrogen (secondary N) is 1. The third-order valence-electron chi connectivity index (χ3n) is 2.66. The van der Waals surface area contributed by atoms with E-state index in [2.05, 4.69) is 57.3 Å². The number of rotatable bonds is 6. The minimum absolute atomic E-state index is 0.506. The molecule has 0 heterocycles. The summed E-state index contributed by atoms with van der Waals surface area (Å²) in [6.45, 7) is 8.90. The average molecular weight is 219 g/mol. The topological polar surface area (TPSA) is 12.0 Å².